The van der Waals surface area contributed by atoms with E-state index in [0.717, 1.165) is 22.6 Å². The Morgan fingerprint density at radius 3 is 2.29 bits per heavy atom. The van der Waals surface area contributed by atoms with Crippen LogP contribution >= 0.6 is 11.6 Å². The Labute approximate surface area is 132 Å². The summed E-state index contributed by atoms with van der Waals surface area (Å²) in [7, 11) is 0. The molecule has 0 heterocycles. The predicted octanol–water partition coefficient (Wildman–Crippen LogP) is 6.13. The average molecular weight is 303 g/mol. The van der Waals surface area contributed by atoms with Gasteiger partial charge in [0.15, 0.2) is 0 Å². The summed E-state index contributed by atoms with van der Waals surface area (Å²) >= 11 is 5.91. The first kappa shape index (κ1) is 15.9. The Balaban J connectivity index is 2.39. The first-order valence-electron chi connectivity index (χ1n) is 7.26. The first-order valence-corrected chi connectivity index (χ1v) is 7.79. The van der Waals surface area contributed by atoms with Gasteiger partial charge in [0.2, 0.25) is 0 Å². The molecular formula is C19H23ClO. The third kappa shape index (κ3) is 3.79. The molecule has 21 heavy (non-hydrogen) atoms. The summed E-state index contributed by atoms with van der Waals surface area (Å²) in [6.07, 6.45) is 0. The van der Waals surface area contributed by atoms with Gasteiger partial charge in [-0.1, -0.05) is 39.0 Å². The van der Waals surface area contributed by atoms with Gasteiger partial charge in [0, 0.05) is 11.4 Å². The highest BCUT2D eigenvalue weighted by Gasteiger charge is 2.19. The van der Waals surface area contributed by atoms with Crippen molar-refractivity contribution in [2.24, 2.45) is 0 Å². The van der Waals surface area contributed by atoms with E-state index < -0.39 is 0 Å². The van der Waals surface area contributed by atoms with E-state index in [-0.39, 0.29) is 5.41 Å². The second-order valence-electron chi connectivity index (χ2n) is 6.57. The molecule has 0 aliphatic heterocycles. The van der Waals surface area contributed by atoms with Crippen LogP contribution < -0.4 is 4.74 Å². The largest absolute Gasteiger partial charge is 0.457 e. The molecule has 112 valence electrons. The Morgan fingerprint density at radius 1 is 1.00 bits per heavy atom. The normalized spacial score (nSPS) is 11.5. The van der Waals surface area contributed by atoms with Crippen LogP contribution in [0.3, 0.4) is 0 Å². The highest BCUT2D eigenvalue weighted by Crippen LogP contribution is 2.35. The zero-order valence-electron chi connectivity index (χ0n) is 13.5. The van der Waals surface area contributed by atoms with Gasteiger partial charge in [0.05, 0.1) is 0 Å². The topological polar surface area (TPSA) is 9.23 Å². The fourth-order valence-electron chi connectivity index (χ4n) is 2.34. The van der Waals surface area contributed by atoms with E-state index in [1.54, 1.807) is 0 Å². The van der Waals surface area contributed by atoms with Crippen molar-refractivity contribution in [1.29, 1.82) is 0 Å². The highest BCUT2D eigenvalue weighted by atomic mass is 35.5. The molecule has 0 spiro atoms. The summed E-state index contributed by atoms with van der Waals surface area (Å²) in [5.41, 5.74) is 4.77. The fraction of sp³-hybridized carbons (Fsp3) is 0.368. The molecule has 0 aromatic heterocycles. The smallest absolute Gasteiger partial charge is 0.131 e. The molecule has 0 atom stereocenters. The molecule has 0 saturated carbocycles. The van der Waals surface area contributed by atoms with Gasteiger partial charge < -0.3 is 4.74 Å². The molecule has 0 N–H and O–H groups in total. The van der Waals surface area contributed by atoms with Crippen molar-refractivity contribution >= 4 is 11.6 Å². The molecule has 2 heteroatoms. The van der Waals surface area contributed by atoms with Gasteiger partial charge in [-0.2, -0.15) is 0 Å². The zero-order valence-corrected chi connectivity index (χ0v) is 14.2. The summed E-state index contributed by atoms with van der Waals surface area (Å²) < 4.78 is 6.15. The van der Waals surface area contributed by atoms with Crippen molar-refractivity contribution in [3.63, 3.8) is 0 Å². The third-order valence-electron chi connectivity index (χ3n) is 3.63. The Morgan fingerprint density at radius 2 is 1.71 bits per heavy atom. The molecule has 2 rings (SSSR count). The lowest BCUT2D eigenvalue weighted by Gasteiger charge is -2.23. The zero-order chi connectivity index (χ0) is 15.6. The standard InChI is InChI=1S/C19H23ClO/c1-13-6-9-17(19(3,4)5)18(10-13)21-16-8-7-15(12-20)14(2)11-16/h6-11H,12H2,1-5H3. The fourth-order valence-corrected chi connectivity index (χ4v) is 2.64. The summed E-state index contributed by atoms with van der Waals surface area (Å²) in [6, 6.07) is 12.5. The molecule has 0 aliphatic carbocycles. The number of halogens is 1. The van der Waals surface area contributed by atoms with E-state index in [1.165, 1.54) is 11.1 Å². The molecule has 0 fully saturated rings. The van der Waals surface area contributed by atoms with Gasteiger partial charge >= 0.3 is 0 Å². The lowest BCUT2D eigenvalue weighted by atomic mass is 9.86. The number of hydrogen-bond acceptors (Lipinski definition) is 1. The van der Waals surface area contributed by atoms with Gasteiger partial charge in [-0.15, -0.1) is 11.6 Å². The molecule has 0 radical (unpaired) electrons. The monoisotopic (exact) mass is 302 g/mol. The van der Waals surface area contributed by atoms with E-state index in [2.05, 4.69) is 52.8 Å². The van der Waals surface area contributed by atoms with E-state index in [4.69, 9.17) is 16.3 Å². The molecule has 0 unspecified atom stereocenters. The third-order valence-corrected chi connectivity index (χ3v) is 3.92. The van der Waals surface area contributed by atoms with Crippen molar-refractivity contribution < 1.29 is 4.74 Å². The van der Waals surface area contributed by atoms with Crippen LogP contribution in [0.25, 0.3) is 0 Å². The van der Waals surface area contributed by atoms with Crippen molar-refractivity contribution in [2.45, 2.75) is 45.9 Å². The lowest BCUT2D eigenvalue weighted by Crippen LogP contribution is -2.12. The molecule has 0 bridgehead atoms. The van der Waals surface area contributed by atoms with E-state index in [1.807, 2.05) is 18.2 Å². The number of rotatable bonds is 3. The maximum absolute atomic E-state index is 6.15. The average Bonchev–Trinajstić information content (AvgIpc) is 2.37. The minimum atomic E-state index is 0.0498. The van der Waals surface area contributed by atoms with Crippen LogP contribution in [0.1, 0.15) is 43.0 Å². The van der Waals surface area contributed by atoms with Gasteiger partial charge in [-0.25, -0.2) is 0 Å². The number of benzene rings is 2. The van der Waals surface area contributed by atoms with Crippen LogP contribution in [0, 0.1) is 13.8 Å². The second-order valence-corrected chi connectivity index (χ2v) is 6.84. The van der Waals surface area contributed by atoms with Crippen LogP contribution in [-0.2, 0) is 11.3 Å². The summed E-state index contributed by atoms with van der Waals surface area (Å²) in [4.78, 5) is 0. The van der Waals surface area contributed by atoms with Crippen molar-refractivity contribution in [2.75, 3.05) is 0 Å². The predicted molar refractivity (Wildman–Crippen MR) is 90.7 cm³/mol. The maximum Gasteiger partial charge on any atom is 0.131 e. The minimum Gasteiger partial charge on any atom is -0.457 e. The number of alkyl halides is 1. The molecule has 0 aliphatic rings. The quantitative estimate of drug-likeness (QED) is 0.619. The van der Waals surface area contributed by atoms with Crippen molar-refractivity contribution in [3.05, 3.63) is 58.7 Å². The molecule has 2 aromatic rings. The molecule has 1 nitrogen and oxygen atoms in total. The number of ether oxygens (including phenoxy) is 1. The van der Waals surface area contributed by atoms with E-state index in [0.29, 0.717) is 5.88 Å². The Bertz CT molecular complexity index is 638. The van der Waals surface area contributed by atoms with Gasteiger partial charge in [0.25, 0.3) is 0 Å². The maximum atomic E-state index is 6.15. The molecule has 2 aromatic carbocycles. The summed E-state index contributed by atoms with van der Waals surface area (Å²) in [5, 5.41) is 0. The highest BCUT2D eigenvalue weighted by molar-refractivity contribution is 6.17. The van der Waals surface area contributed by atoms with Crippen LogP contribution in [0.4, 0.5) is 0 Å². The SMILES string of the molecule is Cc1ccc(C(C)(C)C)c(Oc2ccc(CCl)c(C)c2)c1. The van der Waals surface area contributed by atoms with Gasteiger partial charge in [-0.05, 0) is 54.2 Å². The summed E-state index contributed by atoms with van der Waals surface area (Å²) in [6.45, 7) is 10.7. The number of hydrogen-bond donors (Lipinski definition) is 0. The van der Waals surface area contributed by atoms with Crippen LogP contribution in [0.5, 0.6) is 11.5 Å². The number of aryl methyl sites for hydroxylation is 2. The Hall–Kier alpha value is -1.47. The van der Waals surface area contributed by atoms with Crippen LogP contribution in [0.2, 0.25) is 0 Å². The van der Waals surface area contributed by atoms with Gasteiger partial charge in [-0.3, -0.25) is 0 Å². The summed E-state index contributed by atoms with van der Waals surface area (Å²) in [5.74, 6) is 2.32. The van der Waals surface area contributed by atoms with Crippen LogP contribution in [0.15, 0.2) is 36.4 Å². The van der Waals surface area contributed by atoms with E-state index >= 15 is 0 Å². The molecule has 0 amide bonds. The second kappa shape index (κ2) is 6.11. The molecule has 0 saturated heterocycles. The first-order chi connectivity index (χ1) is 9.81. The Kier molecular flexibility index (Phi) is 4.63. The van der Waals surface area contributed by atoms with Gasteiger partial charge in [0.1, 0.15) is 11.5 Å². The lowest BCUT2D eigenvalue weighted by molar-refractivity contribution is 0.454. The van der Waals surface area contributed by atoms with Crippen molar-refractivity contribution in [1.82, 2.24) is 0 Å². The minimum absolute atomic E-state index is 0.0498. The van der Waals surface area contributed by atoms with Crippen molar-refractivity contribution in [3.8, 4) is 11.5 Å². The van der Waals surface area contributed by atoms with E-state index in [9.17, 15) is 0 Å². The molecular weight excluding hydrogens is 280 g/mol. The van der Waals surface area contributed by atoms with Crippen LogP contribution in [-0.4, -0.2) is 0 Å².